The highest BCUT2D eigenvalue weighted by Crippen LogP contribution is 1.96. The van der Waals surface area contributed by atoms with E-state index in [0.29, 0.717) is 0 Å². The van der Waals surface area contributed by atoms with Crippen molar-refractivity contribution in [2.24, 2.45) is 5.73 Å². The van der Waals surface area contributed by atoms with Gasteiger partial charge in [-0.3, -0.25) is 4.79 Å². The lowest BCUT2D eigenvalue weighted by atomic mass is 10.6. The summed E-state index contributed by atoms with van der Waals surface area (Å²) in [7, 11) is 2.62. The van der Waals surface area contributed by atoms with E-state index in [2.05, 4.69) is 9.47 Å². The molecule has 0 aromatic rings. The maximum atomic E-state index is 10.1. The molecule has 1 radical (unpaired) electrons. The van der Waals surface area contributed by atoms with Gasteiger partial charge in [-0.05, 0) is 0 Å². The van der Waals surface area contributed by atoms with Crippen LogP contribution < -0.4 is 5.73 Å². The number of hydrogen-bond donors (Lipinski definition) is 1. The molecule has 0 aromatic heterocycles. The Balaban J connectivity index is 3.52. The van der Waals surface area contributed by atoms with Crippen molar-refractivity contribution in [3.63, 3.8) is 0 Å². The molecule has 0 atom stereocenters. The molecule has 0 aliphatic heterocycles. The topological polar surface area (TPSA) is 61.6 Å². The van der Waals surface area contributed by atoms with Crippen LogP contribution in [0.1, 0.15) is 0 Å². The first-order valence-corrected chi connectivity index (χ1v) is 1.97. The second-order valence-corrected chi connectivity index (χ2v) is 1.06. The van der Waals surface area contributed by atoms with E-state index in [1.807, 2.05) is 0 Å². The molecular formula is C4H8NO3. The van der Waals surface area contributed by atoms with Crippen LogP contribution in [0.2, 0.25) is 0 Å². The lowest BCUT2D eigenvalue weighted by Gasteiger charge is -2.03. The average molecular weight is 118 g/mol. The minimum atomic E-state index is -0.699. The van der Waals surface area contributed by atoms with Crippen molar-refractivity contribution in [3.8, 4) is 0 Å². The third kappa shape index (κ3) is 1.90. The second kappa shape index (κ2) is 3.40. The van der Waals surface area contributed by atoms with Crippen LogP contribution in [0, 0.1) is 6.29 Å². The van der Waals surface area contributed by atoms with Crippen LogP contribution in [0.3, 0.4) is 0 Å². The normalized spacial score (nSPS) is 9.88. The Hall–Kier alpha value is -0.610. The number of methoxy groups -OCH3 is 2. The molecule has 0 aliphatic rings. The number of hydrogen-bond acceptors (Lipinski definition) is 3. The first-order valence-electron chi connectivity index (χ1n) is 1.97. The molecule has 0 saturated carbocycles. The fourth-order valence-corrected chi connectivity index (χ4v) is 0.285. The summed E-state index contributed by atoms with van der Waals surface area (Å²) in [6.07, 6.45) is -0.176. The number of nitrogens with two attached hydrogens (primary N) is 1. The van der Waals surface area contributed by atoms with Crippen LogP contribution in [0.5, 0.6) is 0 Å². The van der Waals surface area contributed by atoms with Crippen molar-refractivity contribution in [1.29, 1.82) is 0 Å². The molecule has 0 saturated heterocycles. The van der Waals surface area contributed by atoms with Crippen molar-refractivity contribution in [1.82, 2.24) is 0 Å². The van der Waals surface area contributed by atoms with E-state index < -0.39 is 5.91 Å². The first-order chi connectivity index (χ1) is 3.72. The fraction of sp³-hybridized carbons (Fsp3) is 0.500. The summed E-state index contributed by atoms with van der Waals surface area (Å²) in [5.74, 6) is -0.699. The standard InChI is InChI=1S/C4H8NO3/c1-7-4(8-2)3(5)6/h1-2H3,(H2,5,6). The quantitative estimate of drug-likeness (QED) is 0.530. The van der Waals surface area contributed by atoms with Gasteiger partial charge in [0.25, 0.3) is 5.91 Å². The zero-order chi connectivity index (χ0) is 6.57. The van der Waals surface area contributed by atoms with Crippen molar-refractivity contribution in [3.05, 3.63) is 6.29 Å². The van der Waals surface area contributed by atoms with Crippen LogP contribution in [-0.4, -0.2) is 20.1 Å². The fourth-order valence-electron chi connectivity index (χ4n) is 0.285. The van der Waals surface area contributed by atoms with Crippen LogP contribution >= 0.6 is 0 Å². The summed E-state index contributed by atoms with van der Waals surface area (Å²) in [4.78, 5) is 10.1. The second-order valence-electron chi connectivity index (χ2n) is 1.06. The van der Waals surface area contributed by atoms with E-state index in [1.165, 1.54) is 14.2 Å². The first kappa shape index (κ1) is 7.39. The SMILES string of the molecule is CO[C](OC)C(N)=O. The van der Waals surface area contributed by atoms with E-state index >= 15 is 0 Å². The van der Waals surface area contributed by atoms with Gasteiger partial charge >= 0.3 is 6.29 Å². The van der Waals surface area contributed by atoms with Gasteiger partial charge in [0, 0.05) is 14.2 Å². The van der Waals surface area contributed by atoms with Crippen LogP contribution in [0.25, 0.3) is 0 Å². The van der Waals surface area contributed by atoms with Crippen LogP contribution in [0.4, 0.5) is 0 Å². The largest absolute Gasteiger partial charge is 0.365 e. The molecule has 0 rings (SSSR count). The molecule has 4 nitrogen and oxygen atoms in total. The summed E-state index contributed by atoms with van der Waals surface area (Å²) in [5.41, 5.74) is 4.73. The van der Waals surface area contributed by atoms with E-state index in [9.17, 15) is 4.79 Å². The van der Waals surface area contributed by atoms with Gasteiger partial charge in [0.2, 0.25) is 0 Å². The number of carbonyl (C=O) groups is 1. The Morgan fingerprint density at radius 1 is 1.38 bits per heavy atom. The number of carbonyl (C=O) groups excluding carboxylic acids is 1. The molecule has 2 N–H and O–H groups in total. The van der Waals surface area contributed by atoms with Gasteiger partial charge in [-0.15, -0.1) is 0 Å². The Labute approximate surface area is 47.6 Å². The molecule has 4 heteroatoms. The lowest BCUT2D eigenvalue weighted by Crippen LogP contribution is -2.23. The molecule has 0 bridgehead atoms. The molecule has 0 unspecified atom stereocenters. The predicted octanol–water partition coefficient (Wildman–Crippen LogP) is -0.746. The van der Waals surface area contributed by atoms with E-state index in [-0.39, 0.29) is 6.29 Å². The molecule has 0 aliphatic carbocycles. The Bertz CT molecular complexity index is 79.4. The summed E-state index contributed by atoms with van der Waals surface area (Å²) in [6.45, 7) is 0. The highest BCUT2D eigenvalue weighted by atomic mass is 16.7. The summed E-state index contributed by atoms with van der Waals surface area (Å²) >= 11 is 0. The Kier molecular flexibility index (Phi) is 3.14. The molecule has 0 aromatic carbocycles. The maximum Gasteiger partial charge on any atom is 0.315 e. The van der Waals surface area contributed by atoms with Gasteiger partial charge in [0.1, 0.15) is 0 Å². The van der Waals surface area contributed by atoms with E-state index in [0.717, 1.165) is 0 Å². The van der Waals surface area contributed by atoms with Gasteiger partial charge in [-0.1, -0.05) is 0 Å². The molecule has 0 spiro atoms. The Morgan fingerprint density at radius 2 is 1.75 bits per heavy atom. The smallest absolute Gasteiger partial charge is 0.315 e. The molecule has 47 valence electrons. The van der Waals surface area contributed by atoms with Crippen molar-refractivity contribution in [2.45, 2.75) is 0 Å². The lowest BCUT2D eigenvalue weighted by molar-refractivity contribution is -0.132. The van der Waals surface area contributed by atoms with Crippen molar-refractivity contribution < 1.29 is 14.3 Å². The van der Waals surface area contributed by atoms with Gasteiger partial charge in [0.15, 0.2) is 0 Å². The van der Waals surface area contributed by atoms with E-state index in [4.69, 9.17) is 5.73 Å². The highest BCUT2D eigenvalue weighted by molar-refractivity contribution is 5.84. The van der Waals surface area contributed by atoms with Crippen LogP contribution in [0.15, 0.2) is 0 Å². The number of amides is 1. The number of primary amides is 1. The maximum absolute atomic E-state index is 10.1. The molecule has 0 heterocycles. The molecular weight excluding hydrogens is 110 g/mol. The van der Waals surface area contributed by atoms with Gasteiger partial charge in [-0.2, -0.15) is 0 Å². The minimum Gasteiger partial charge on any atom is -0.365 e. The third-order valence-corrected chi connectivity index (χ3v) is 0.572. The number of rotatable bonds is 3. The van der Waals surface area contributed by atoms with Gasteiger partial charge in [0.05, 0.1) is 0 Å². The molecule has 1 amide bonds. The monoisotopic (exact) mass is 118 g/mol. The van der Waals surface area contributed by atoms with Crippen LogP contribution in [-0.2, 0) is 14.3 Å². The minimum absolute atomic E-state index is 0.176. The highest BCUT2D eigenvalue weighted by Gasteiger charge is 2.13. The average Bonchev–Trinajstić information content (AvgIpc) is 1.69. The van der Waals surface area contributed by atoms with Gasteiger partial charge < -0.3 is 15.2 Å². The summed E-state index contributed by atoms with van der Waals surface area (Å²) in [6, 6.07) is 0. The van der Waals surface area contributed by atoms with Crippen molar-refractivity contribution in [2.75, 3.05) is 14.2 Å². The summed E-state index contributed by atoms with van der Waals surface area (Å²) < 4.78 is 8.76. The van der Waals surface area contributed by atoms with Crippen molar-refractivity contribution >= 4 is 5.91 Å². The zero-order valence-corrected chi connectivity index (χ0v) is 4.80. The summed E-state index contributed by atoms with van der Waals surface area (Å²) in [5, 5.41) is 0. The zero-order valence-electron chi connectivity index (χ0n) is 4.80. The predicted molar refractivity (Wildman–Crippen MR) is 26.5 cm³/mol. The number of ether oxygens (including phenoxy) is 2. The Morgan fingerprint density at radius 3 is 1.75 bits per heavy atom. The third-order valence-electron chi connectivity index (χ3n) is 0.572. The van der Waals surface area contributed by atoms with Gasteiger partial charge in [-0.25, -0.2) is 0 Å². The molecule has 8 heavy (non-hydrogen) atoms. The molecule has 0 fully saturated rings. The van der Waals surface area contributed by atoms with E-state index in [1.54, 1.807) is 0 Å².